The molecule has 0 fully saturated rings. The Labute approximate surface area is 108 Å². The Morgan fingerprint density at radius 1 is 1.37 bits per heavy atom. The van der Waals surface area contributed by atoms with Gasteiger partial charge in [0.2, 0.25) is 5.76 Å². The second-order valence-corrected chi connectivity index (χ2v) is 3.69. The van der Waals surface area contributed by atoms with Crippen LogP contribution in [-0.2, 0) is 4.74 Å². The van der Waals surface area contributed by atoms with Crippen molar-refractivity contribution in [2.24, 2.45) is 0 Å². The summed E-state index contributed by atoms with van der Waals surface area (Å²) in [6.45, 7) is 1.95. The minimum Gasteiger partial charge on any atom is -0.460 e. The van der Waals surface area contributed by atoms with E-state index in [0.717, 1.165) is 0 Å². The third kappa shape index (κ3) is 2.79. The van der Waals surface area contributed by atoms with Crippen LogP contribution < -0.4 is 0 Å². The first-order valence-corrected chi connectivity index (χ1v) is 5.63. The Kier molecular flexibility index (Phi) is 3.61. The summed E-state index contributed by atoms with van der Waals surface area (Å²) in [5, 5.41) is 10.7. The van der Waals surface area contributed by atoms with Crippen molar-refractivity contribution < 1.29 is 18.9 Å². The molecule has 6 heteroatoms. The zero-order valence-electron chi connectivity index (χ0n) is 10.2. The molecule has 2 rings (SSSR count). The number of nitrogens with zero attached hydrogens (tertiary/aromatic N) is 1. The molecule has 0 saturated heterocycles. The SMILES string of the molecule is CCOC(=O)c1ccc(-c2cccc([N+](=O)[O-])c2)o1. The van der Waals surface area contributed by atoms with E-state index in [1.165, 1.54) is 18.2 Å². The lowest BCUT2D eigenvalue weighted by molar-refractivity contribution is -0.384. The number of nitro benzene ring substituents is 1. The molecule has 0 N–H and O–H groups in total. The molecule has 0 aliphatic heterocycles. The van der Waals surface area contributed by atoms with Crippen LogP contribution >= 0.6 is 0 Å². The van der Waals surface area contributed by atoms with E-state index < -0.39 is 10.9 Å². The van der Waals surface area contributed by atoms with Gasteiger partial charge in [0.1, 0.15) is 5.76 Å². The maximum Gasteiger partial charge on any atom is 0.374 e. The van der Waals surface area contributed by atoms with Crippen LogP contribution in [0.15, 0.2) is 40.8 Å². The third-order valence-corrected chi connectivity index (χ3v) is 2.42. The van der Waals surface area contributed by atoms with Gasteiger partial charge in [-0.25, -0.2) is 4.79 Å². The second kappa shape index (κ2) is 5.34. The van der Waals surface area contributed by atoms with Gasteiger partial charge >= 0.3 is 5.97 Å². The molecule has 0 bridgehead atoms. The molecule has 0 radical (unpaired) electrons. The third-order valence-electron chi connectivity index (χ3n) is 2.42. The Hall–Kier alpha value is -2.63. The number of non-ortho nitro benzene ring substituents is 1. The van der Waals surface area contributed by atoms with Crippen molar-refractivity contribution in [3.63, 3.8) is 0 Å². The van der Waals surface area contributed by atoms with Gasteiger partial charge in [-0.3, -0.25) is 10.1 Å². The topological polar surface area (TPSA) is 82.6 Å². The molecule has 1 aromatic heterocycles. The van der Waals surface area contributed by atoms with Gasteiger partial charge in [0, 0.05) is 17.7 Å². The molecule has 2 aromatic rings. The predicted octanol–water partition coefficient (Wildman–Crippen LogP) is 3.03. The quantitative estimate of drug-likeness (QED) is 0.480. The van der Waals surface area contributed by atoms with Crippen molar-refractivity contribution in [2.75, 3.05) is 6.61 Å². The molecule has 0 aliphatic carbocycles. The number of ether oxygens (including phenoxy) is 1. The van der Waals surface area contributed by atoms with Crippen LogP contribution in [0.4, 0.5) is 5.69 Å². The monoisotopic (exact) mass is 261 g/mol. The highest BCUT2D eigenvalue weighted by Gasteiger charge is 2.14. The van der Waals surface area contributed by atoms with Crippen LogP contribution in [0, 0.1) is 10.1 Å². The van der Waals surface area contributed by atoms with Crippen molar-refractivity contribution >= 4 is 11.7 Å². The largest absolute Gasteiger partial charge is 0.460 e. The first kappa shape index (κ1) is 12.8. The summed E-state index contributed by atoms with van der Waals surface area (Å²) in [5.41, 5.74) is 0.497. The number of carbonyl (C=O) groups excluding carboxylic acids is 1. The lowest BCUT2D eigenvalue weighted by Gasteiger charge is -1.98. The van der Waals surface area contributed by atoms with Gasteiger partial charge in [-0.2, -0.15) is 0 Å². The van der Waals surface area contributed by atoms with Crippen LogP contribution in [0.3, 0.4) is 0 Å². The molecule has 0 aliphatic rings. The van der Waals surface area contributed by atoms with Gasteiger partial charge in [0.05, 0.1) is 11.5 Å². The van der Waals surface area contributed by atoms with Crippen molar-refractivity contribution in [1.82, 2.24) is 0 Å². The Morgan fingerprint density at radius 3 is 2.84 bits per heavy atom. The van der Waals surface area contributed by atoms with Crippen molar-refractivity contribution in [3.8, 4) is 11.3 Å². The Morgan fingerprint density at radius 2 is 2.16 bits per heavy atom. The lowest BCUT2D eigenvalue weighted by Crippen LogP contribution is -2.02. The van der Waals surface area contributed by atoms with E-state index in [0.29, 0.717) is 11.3 Å². The number of esters is 1. The van der Waals surface area contributed by atoms with Gasteiger partial charge < -0.3 is 9.15 Å². The molecule has 0 saturated carbocycles. The highest BCUT2D eigenvalue weighted by molar-refractivity contribution is 5.87. The van der Waals surface area contributed by atoms with Crippen molar-refractivity contribution in [2.45, 2.75) is 6.92 Å². The number of hydrogen-bond acceptors (Lipinski definition) is 5. The van der Waals surface area contributed by atoms with Gasteiger partial charge in [-0.1, -0.05) is 12.1 Å². The second-order valence-electron chi connectivity index (χ2n) is 3.69. The summed E-state index contributed by atoms with van der Waals surface area (Å²) in [5.74, 6) is -0.103. The predicted molar refractivity (Wildman–Crippen MR) is 66.8 cm³/mol. The summed E-state index contributed by atoms with van der Waals surface area (Å²) in [4.78, 5) is 21.6. The van der Waals surface area contributed by atoms with Gasteiger partial charge in [-0.15, -0.1) is 0 Å². The van der Waals surface area contributed by atoms with E-state index in [2.05, 4.69) is 0 Å². The average molecular weight is 261 g/mol. The molecular formula is C13H11NO5. The summed E-state index contributed by atoms with van der Waals surface area (Å²) < 4.78 is 10.1. The maximum atomic E-state index is 11.4. The van der Waals surface area contributed by atoms with Crippen LogP contribution in [0.1, 0.15) is 17.5 Å². The first-order chi connectivity index (χ1) is 9.11. The summed E-state index contributed by atoms with van der Waals surface area (Å²) >= 11 is 0. The van der Waals surface area contributed by atoms with E-state index in [9.17, 15) is 14.9 Å². The molecule has 6 nitrogen and oxygen atoms in total. The van der Waals surface area contributed by atoms with Crippen molar-refractivity contribution in [1.29, 1.82) is 0 Å². The van der Waals surface area contributed by atoms with Gasteiger partial charge in [-0.05, 0) is 19.1 Å². The minimum atomic E-state index is -0.556. The van der Waals surface area contributed by atoms with Crippen LogP contribution in [-0.4, -0.2) is 17.5 Å². The van der Waals surface area contributed by atoms with Crippen molar-refractivity contribution in [3.05, 3.63) is 52.3 Å². The number of rotatable bonds is 4. The molecular weight excluding hydrogens is 250 g/mol. The van der Waals surface area contributed by atoms with E-state index in [1.54, 1.807) is 25.1 Å². The number of carbonyl (C=O) groups is 1. The van der Waals surface area contributed by atoms with Gasteiger partial charge in [0.15, 0.2) is 0 Å². The molecule has 1 heterocycles. The van der Waals surface area contributed by atoms with Crippen LogP contribution in [0.2, 0.25) is 0 Å². The normalized spacial score (nSPS) is 10.2. The van der Waals surface area contributed by atoms with Gasteiger partial charge in [0.25, 0.3) is 5.69 Å². The molecule has 19 heavy (non-hydrogen) atoms. The summed E-state index contributed by atoms with van der Waals surface area (Å²) in [7, 11) is 0. The number of benzene rings is 1. The number of hydrogen-bond donors (Lipinski definition) is 0. The highest BCUT2D eigenvalue weighted by atomic mass is 16.6. The highest BCUT2D eigenvalue weighted by Crippen LogP contribution is 2.25. The zero-order valence-corrected chi connectivity index (χ0v) is 10.2. The molecule has 0 atom stereocenters. The summed E-state index contributed by atoms with van der Waals surface area (Å²) in [6.07, 6.45) is 0. The fraction of sp³-hybridized carbons (Fsp3) is 0.154. The number of nitro groups is 1. The fourth-order valence-corrected chi connectivity index (χ4v) is 1.58. The number of furan rings is 1. The Balaban J connectivity index is 2.30. The summed E-state index contributed by atoms with van der Waals surface area (Å²) in [6, 6.07) is 9.05. The van der Waals surface area contributed by atoms with Crippen LogP contribution in [0.25, 0.3) is 11.3 Å². The molecule has 0 amide bonds. The first-order valence-electron chi connectivity index (χ1n) is 5.63. The van der Waals surface area contributed by atoms with E-state index >= 15 is 0 Å². The standard InChI is InChI=1S/C13H11NO5/c1-2-18-13(15)12-7-6-11(19-12)9-4-3-5-10(8-9)14(16)17/h3-8H,2H2,1H3. The average Bonchev–Trinajstić information content (AvgIpc) is 2.89. The Bertz CT molecular complexity index is 617. The lowest BCUT2D eigenvalue weighted by atomic mass is 10.1. The zero-order chi connectivity index (χ0) is 13.8. The van der Waals surface area contributed by atoms with Crippen LogP contribution in [0.5, 0.6) is 0 Å². The minimum absolute atomic E-state index is 0.0356. The molecule has 98 valence electrons. The van der Waals surface area contributed by atoms with E-state index in [4.69, 9.17) is 9.15 Å². The smallest absolute Gasteiger partial charge is 0.374 e. The van der Waals surface area contributed by atoms with E-state index in [1.807, 2.05) is 0 Å². The molecule has 1 aromatic carbocycles. The molecule has 0 spiro atoms. The fourth-order valence-electron chi connectivity index (χ4n) is 1.58. The van der Waals surface area contributed by atoms with E-state index in [-0.39, 0.29) is 18.1 Å². The molecule has 0 unspecified atom stereocenters. The maximum absolute atomic E-state index is 11.4.